The van der Waals surface area contributed by atoms with E-state index in [0.29, 0.717) is 11.6 Å². The van der Waals surface area contributed by atoms with Crippen LogP contribution in [0.2, 0.25) is 0 Å². The fourth-order valence-corrected chi connectivity index (χ4v) is 4.36. The summed E-state index contributed by atoms with van der Waals surface area (Å²) in [6.45, 7) is 2.34. The average molecular weight is 333 g/mol. The van der Waals surface area contributed by atoms with Crippen molar-refractivity contribution in [3.8, 4) is 0 Å². The molecule has 0 aliphatic carbocycles. The minimum Gasteiger partial charge on any atom is -0.261 e. The molecule has 2 amide bonds. The van der Waals surface area contributed by atoms with Crippen molar-refractivity contribution in [1.29, 1.82) is 0 Å². The summed E-state index contributed by atoms with van der Waals surface area (Å²) in [5.41, 5.74) is 2.81. The molecule has 118 valence electrons. The Hall–Kier alpha value is -1.26. The van der Waals surface area contributed by atoms with Crippen molar-refractivity contribution >= 4 is 32.3 Å². The van der Waals surface area contributed by atoms with E-state index in [4.69, 9.17) is 0 Å². The molecule has 0 unspecified atom stereocenters. The number of anilines is 1. The molecule has 0 atom stereocenters. The van der Waals surface area contributed by atoms with E-state index in [9.17, 15) is 13.2 Å². The van der Waals surface area contributed by atoms with Gasteiger partial charge in [-0.05, 0) is 6.42 Å². The predicted octanol–water partition coefficient (Wildman–Crippen LogP) is 1.23. The van der Waals surface area contributed by atoms with Gasteiger partial charge in [0.1, 0.15) is 0 Å². The maximum Gasteiger partial charge on any atom is 0.341 e. The maximum absolute atomic E-state index is 12.1. The van der Waals surface area contributed by atoms with Gasteiger partial charge in [-0.2, -0.15) is 0 Å². The largest absolute Gasteiger partial charge is 0.341 e. The lowest BCUT2D eigenvalue weighted by Crippen LogP contribution is -2.31. The summed E-state index contributed by atoms with van der Waals surface area (Å²) in [4.78, 5) is 13.1. The first-order valence-electron chi connectivity index (χ1n) is 6.80. The number of amides is 2. The average Bonchev–Trinajstić information content (AvgIpc) is 3.04. The number of nitrogens with zero attached hydrogens (tertiary/aromatic N) is 4. The van der Waals surface area contributed by atoms with E-state index in [1.807, 2.05) is 0 Å². The highest BCUT2D eigenvalue weighted by molar-refractivity contribution is 7.93. The van der Waals surface area contributed by atoms with Crippen molar-refractivity contribution in [3.63, 3.8) is 0 Å². The van der Waals surface area contributed by atoms with E-state index in [1.54, 1.807) is 7.05 Å². The van der Waals surface area contributed by atoms with Gasteiger partial charge in [0.05, 0.1) is 12.4 Å². The van der Waals surface area contributed by atoms with Crippen LogP contribution in [0.4, 0.5) is 9.93 Å². The molecular formula is C11H19N5O3S2. The minimum atomic E-state index is -3.41. The third-order valence-corrected chi connectivity index (χ3v) is 6.34. The molecular weight excluding hydrogens is 314 g/mol. The molecule has 21 heavy (non-hydrogen) atoms. The minimum absolute atomic E-state index is 0.0173. The first kappa shape index (κ1) is 16.1. The number of nitrogens with one attached hydrogen (secondary N) is 1. The second-order valence-electron chi connectivity index (χ2n) is 4.82. The highest BCUT2D eigenvalue weighted by atomic mass is 32.2. The number of carbonyl (C=O) groups is 1. The van der Waals surface area contributed by atoms with E-state index in [1.165, 1.54) is 9.91 Å². The molecule has 1 aromatic rings. The lowest BCUT2D eigenvalue weighted by molar-refractivity contribution is 0.217. The molecule has 1 aromatic heterocycles. The molecule has 1 fully saturated rings. The zero-order valence-corrected chi connectivity index (χ0v) is 13.7. The van der Waals surface area contributed by atoms with Gasteiger partial charge in [0, 0.05) is 7.05 Å². The van der Waals surface area contributed by atoms with Crippen LogP contribution >= 0.6 is 11.3 Å². The first-order valence-corrected chi connectivity index (χ1v) is 9.27. The third kappa shape index (κ3) is 3.69. The van der Waals surface area contributed by atoms with E-state index in [0.717, 1.165) is 30.6 Å². The highest BCUT2D eigenvalue weighted by Gasteiger charge is 2.30. The number of hydrogen-bond donors (Lipinski definition) is 1. The predicted molar refractivity (Wildman–Crippen MR) is 79.7 cm³/mol. The number of carbonyl (C=O) groups excluding carboxylic acids is 1. The second-order valence-corrected chi connectivity index (χ2v) is 8.05. The van der Waals surface area contributed by atoms with E-state index >= 15 is 0 Å². The Bertz CT molecular complexity index is 601. The van der Waals surface area contributed by atoms with Crippen LogP contribution in [0.3, 0.4) is 0 Å². The lowest BCUT2D eigenvalue weighted by Gasteiger charge is -2.09. The topological polar surface area (TPSA) is 95.5 Å². The normalized spacial score (nSPS) is 16.0. The van der Waals surface area contributed by atoms with E-state index in [-0.39, 0.29) is 22.8 Å². The Morgan fingerprint density at radius 3 is 2.67 bits per heavy atom. The molecule has 0 radical (unpaired) electrons. The SMILES string of the molecule is CCCCCCS(=O)(=O)c1nnc(N2CNN(C)C2=O)s1. The number of rotatable bonds is 7. The highest BCUT2D eigenvalue weighted by Crippen LogP contribution is 2.26. The van der Waals surface area contributed by atoms with Crippen LogP contribution in [-0.2, 0) is 9.84 Å². The number of hydrazine groups is 1. The van der Waals surface area contributed by atoms with Crippen molar-refractivity contribution in [1.82, 2.24) is 20.6 Å². The number of aromatic nitrogens is 2. The van der Waals surface area contributed by atoms with Gasteiger partial charge in [-0.25, -0.2) is 18.6 Å². The molecule has 0 spiro atoms. The summed E-state index contributed by atoms with van der Waals surface area (Å²) >= 11 is 0.935. The molecule has 1 N–H and O–H groups in total. The summed E-state index contributed by atoms with van der Waals surface area (Å²) in [7, 11) is -1.82. The van der Waals surface area contributed by atoms with Gasteiger partial charge in [0.25, 0.3) is 0 Å². The molecule has 2 heterocycles. The van der Waals surface area contributed by atoms with Gasteiger partial charge in [-0.15, -0.1) is 10.2 Å². The molecule has 1 aliphatic rings. The summed E-state index contributed by atoms with van der Waals surface area (Å²) in [5.74, 6) is 0.0771. The quantitative estimate of drug-likeness (QED) is 0.595. The summed E-state index contributed by atoms with van der Waals surface area (Å²) in [6.07, 6.45) is 3.59. The van der Waals surface area contributed by atoms with Crippen LogP contribution in [0.1, 0.15) is 32.6 Å². The summed E-state index contributed by atoms with van der Waals surface area (Å²) in [6, 6.07) is -0.280. The smallest absolute Gasteiger partial charge is 0.261 e. The van der Waals surface area contributed by atoms with Crippen LogP contribution in [0.5, 0.6) is 0 Å². The maximum atomic E-state index is 12.1. The fourth-order valence-electron chi connectivity index (χ4n) is 1.89. The summed E-state index contributed by atoms with van der Waals surface area (Å²) < 4.78 is 24.3. The lowest BCUT2D eigenvalue weighted by atomic mass is 10.2. The number of urea groups is 1. The van der Waals surface area contributed by atoms with Crippen LogP contribution in [-0.4, -0.2) is 49.1 Å². The second kappa shape index (κ2) is 6.67. The van der Waals surface area contributed by atoms with Gasteiger partial charge in [0.15, 0.2) is 0 Å². The molecule has 1 aliphatic heterocycles. The van der Waals surface area contributed by atoms with Crippen LogP contribution in [0.25, 0.3) is 0 Å². The number of unbranched alkanes of at least 4 members (excludes halogenated alkanes) is 3. The fraction of sp³-hybridized carbons (Fsp3) is 0.727. The van der Waals surface area contributed by atoms with Gasteiger partial charge >= 0.3 is 6.03 Å². The Morgan fingerprint density at radius 1 is 1.29 bits per heavy atom. The standard InChI is InChI=1S/C11H19N5O3S2/c1-3-4-5-6-7-21(18,19)10-14-13-9(20-10)16-8-12-15(2)11(16)17/h12H,3-8H2,1-2H3. The molecule has 0 aromatic carbocycles. The van der Waals surface area contributed by atoms with Gasteiger partial charge in [0.2, 0.25) is 19.3 Å². The van der Waals surface area contributed by atoms with Gasteiger partial charge in [-0.1, -0.05) is 37.5 Å². The molecule has 2 rings (SSSR count). The summed E-state index contributed by atoms with van der Waals surface area (Å²) in [5, 5.41) is 9.17. The van der Waals surface area contributed by atoms with Gasteiger partial charge < -0.3 is 0 Å². The Morgan fingerprint density at radius 2 is 2.05 bits per heavy atom. The monoisotopic (exact) mass is 333 g/mol. The molecule has 10 heteroatoms. The Kier molecular flexibility index (Phi) is 5.12. The van der Waals surface area contributed by atoms with Crippen molar-refractivity contribution in [3.05, 3.63) is 0 Å². The van der Waals surface area contributed by atoms with E-state index < -0.39 is 9.84 Å². The Balaban J connectivity index is 2.03. The number of hydrogen-bond acceptors (Lipinski definition) is 7. The van der Waals surface area contributed by atoms with Crippen molar-refractivity contribution in [2.24, 2.45) is 0 Å². The number of sulfone groups is 1. The van der Waals surface area contributed by atoms with Crippen LogP contribution in [0.15, 0.2) is 4.34 Å². The van der Waals surface area contributed by atoms with E-state index in [2.05, 4.69) is 22.5 Å². The molecule has 0 saturated carbocycles. The van der Waals surface area contributed by atoms with Crippen LogP contribution < -0.4 is 10.3 Å². The molecule has 0 bridgehead atoms. The van der Waals surface area contributed by atoms with Crippen molar-refractivity contribution in [2.45, 2.75) is 36.9 Å². The zero-order chi connectivity index (χ0) is 15.5. The van der Waals surface area contributed by atoms with Crippen LogP contribution in [0, 0.1) is 0 Å². The van der Waals surface area contributed by atoms with Crippen molar-refractivity contribution in [2.75, 3.05) is 24.4 Å². The molecule has 1 saturated heterocycles. The third-order valence-electron chi connectivity index (χ3n) is 3.14. The Labute approximate surface area is 128 Å². The van der Waals surface area contributed by atoms with Crippen molar-refractivity contribution < 1.29 is 13.2 Å². The van der Waals surface area contributed by atoms with Gasteiger partial charge in [-0.3, -0.25) is 9.91 Å². The zero-order valence-electron chi connectivity index (χ0n) is 12.1. The first-order chi connectivity index (χ1) is 9.95. The molecule has 8 nitrogen and oxygen atoms in total.